The maximum Gasteiger partial charge on any atom is 0.260 e. The van der Waals surface area contributed by atoms with Gasteiger partial charge in [-0.1, -0.05) is 6.42 Å². The van der Waals surface area contributed by atoms with E-state index in [4.69, 9.17) is 4.74 Å². The molecule has 1 amide bonds. The zero-order valence-electron chi connectivity index (χ0n) is 19.1. The van der Waals surface area contributed by atoms with Gasteiger partial charge < -0.3 is 20.3 Å². The molecule has 0 atom stereocenters. The minimum Gasteiger partial charge on any atom is -0.482 e. The molecule has 0 aliphatic carbocycles. The van der Waals surface area contributed by atoms with Gasteiger partial charge in [0.2, 0.25) is 0 Å². The number of amides is 1. The third-order valence-electron chi connectivity index (χ3n) is 6.52. The number of hydrogen-bond donors (Lipinski definition) is 2. The van der Waals surface area contributed by atoms with Crippen molar-refractivity contribution in [3.8, 4) is 0 Å². The van der Waals surface area contributed by atoms with Crippen LogP contribution < -0.4 is 10.6 Å². The molecular weight excluding hydrogens is 419 g/mol. The molecule has 0 unspecified atom stereocenters. The number of halogens is 1. The predicted molar refractivity (Wildman–Crippen MR) is 128 cm³/mol. The van der Waals surface area contributed by atoms with Crippen LogP contribution in [-0.4, -0.2) is 47.6 Å². The van der Waals surface area contributed by atoms with E-state index < -0.39 is 5.60 Å². The molecule has 0 spiro atoms. The number of piperidine rings is 1. The fraction of sp³-hybridized carbons (Fsp3) is 0.385. The zero-order chi connectivity index (χ0) is 23.0. The first-order valence-electron chi connectivity index (χ1n) is 11.6. The molecule has 2 aromatic rings. The summed E-state index contributed by atoms with van der Waals surface area (Å²) in [5, 5.41) is 6.14. The van der Waals surface area contributed by atoms with E-state index in [1.54, 1.807) is 6.07 Å². The third-order valence-corrected chi connectivity index (χ3v) is 6.52. The molecule has 0 saturated carbocycles. The van der Waals surface area contributed by atoms with Crippen molar-refractivity contribution in [1.29, 1.82) is 0 Å². The quantitative estimate of drug-likeness (QED) is 0.651. The van der Waals surface area contributed by atoms with E-state index in [1.165, 1.54) is 44.5 Å². The van der Waals surface area contributed by atoms with Crippen molar-refractivity contribution in [2.45, 2.75) is 38.7 Å². The number of rotatable bonds is 5. The van der Waals surface area contributed by atoms with Crippen molar-refractivity contribution in [2.24, 2.45) is 0 Å². The van der Waals surface area contributed by atoms with Gasteiger partial charge in [0.1, 0.15) is 23.0 Å². The molecule has 1 fully saturated rings. The number of nitrogens with zero attached hydrogens (tertiary/aromatic N) is 2. The van der Waals surface area contributed by atoms with Crippen LogP contribution in [0.3, 0.4) is 0 Å². The number of allylic oxidation sites excluding steroid dienone is 1. The van der Waals surface area contributed by atoms with Crippen LogP contribution in [0, 0.1) is 5.82 Å². The fourth-order valence-corrected chi connectivity index (χ4v) is 4.79. The van der Waals surface area contributed by atoms with Gasteiger partial charge in [-0.25, -0.2) is 9.37 Å². The Labute approximate surface area is 193 Å². The lowest BCUT2D eigenvalue weighted by Gasteiger charge is -2.26. The molecule has 5 rings (SSSR count). The molecule has 3 aliphatic heterocycles. The number of likely N-dealkylation sites (tertiary alicyclic amines) is 1. The Bertz CT molecular complexity index is 1130. The molecule has 7 heteroatoms. The van der Waals surface area contributed by atoms with Crippen molar-refractivity contribution in [1.82, 2.24) is 9.88 Å². The normalized spacial score (nSPS) is 21.9. The maximum absolute atomic E-state index is 13.6. The van der Waals surface area contributed by atoms with Crippen molar-refractivity contribution in [3.05, 3.63) is 65.3 Å². The van der Waals surface area contributed by atoms with E-state index in [0.29, 0.717) is 22.6 Å². The minimum atomic E-state index is -0.629. The lowest BCUT2D eigenvalue weighted by Crippen LogP contribution is -2.33. The number of aromatic nitrogens is 1. The number of ether oxygens (including phenoxy) is 1. The summed E-state index contributed by atoms with van der Waals surface area (Å²) in [6.45, 7) is 8.21. The second-order valence-corrected chi connectivity index (χ2v) is 9.31. The van der Waals surface area contributed by atoms with E-state index in [-0.39, 0.29) is 11.7 Å². The Morgan fingerprint density at radius 1 is 1.18 bits per heavy atom. The average molecular weight is 449 g/mol. The van der Waals surface area contributed by atoms with Gasteiger partial charge in [0.25, 0.3) is 5.91 Å². The molecule has 1 saturated heterocycles. The van der Waals surface area contributed by atoms with Crippen molar-refractivity contribution in [3.63, 3.8) is 0 Å². The molecule has 4 heterocycles. The van der Waals surface area contributed by atoms with E-state index in [2.05, 4.69) is 20.5 Å². The monoisotopic (exact) mass is 448 g/mol. The predicted octanol–water partition coefficient (Wildman–Crippen LogP) is 4.67. The summed E-state index contributed by atoms with van der Waals surface area (Å²) in [7, 11) is 0. The zero-order valence-corrected chi connectivity index (χ0v) is 19.1. The van der Waals surface area contributed by atoms with Crippen LogP contribution in [0.25, 0.3) is 11.1 Å². The number of nitrogens with one attached hydrogen (secondary N) is 2. The molecule has 2 N–H and O–H groups in total. The van der Waals surface area contributed by atoms with Gasteiger partial charge in [-0.2, -0.15) is 0 Å². The molecule has 1 aromatic heterocycles. The second-order valence-electron chi connectivity index (χ2n) is 9.31. The summed E-state index contributed by atoms with van der Waals surface area (Å²) in [6.07, 6.45) is 7.67. The summed E-state index contributed by atoms with van der Waals surface area (Å²) in [4.78, 5) is 19.7. The van der Waals surface area contributed by atoms with Crippen LogP contribution in [0.5, 0.6) is 0 Å². The van der Waals surface area contributed by atoms with E-state index >= 15 is 0 Å². The summed E-state index contributed by atoms with van der Waals surface area (Å²) < 4.78 is 19.8. The Balaban J connectivity index is 1.34. The lowest BCUT2D eigenvalue weighted by molar-refractivity contribution is -0.111. The molecule has 3 aliphatic rings. The smallest absolute Gasteiger partial charge is 0.260 e. The van der Waals surface area contributed by atoms with E-state index in [0.717, 1.165) is 30.0 Å². The highest BCUT2D eigenvalue weighted by Crippen LogP contribution is 2.44. The van der Waals surface area contributed by atoms with Crippen molar-refractivity contribution < 1.29 is 13.9 Å². The molecule has 6 nitrogen and oxygen atoms in total. The highest BCUT2D eigenvalue weighted by atomic mass is 19.1. The molecule has 1 aromatic carbocycles. The number of carbonyl (C=O) groups is 1. The van der Waals surface area contributed by atoms with Gasteiger partial charge in [0, 0.05) is 36.0 Å². The fourth-order valence-electron chi connectivity index (χ4n) is 4.79. The third kappa shape index (κ3) is 4.37. The highest BCUT2D eigenvalue weighted by molar-refractivity contribution is 6.32. The molecule has 33 heavy (non-hydrogen) atoms. The highest BCUT2D eigenvalue weighted by Gasteiger charge is 2.38. The first-order chi connectivity index (χ1) is 15.9. The average Bonchev–Trinajstić information content (AvgIpc) is 3.29. The van der Waals surface area contributed by atoms with Gasteiger partial charge in [0.05, 0.1) is 11.3 Å². The van der Waals surface area contributed by atoms with Gasteiger partial charge in [-0.05, 0) is 76.2 Å². The van der Waals surface area contributed by atoms with Crippen LogP contribution in [0.4, 0.5) is 15.9 Å². The van der Waals surface area contributed by atoms with Gasteiger partial charge in [-0.3, -0.25) is 4.79 Å². The summed E-state index contributed by atoms with van der Waals surface area (Å²) in [5.41, 5.74) is 2.80. The molecule has 172 valence electrons. The van der Waals surface area contributed by atoms with Gasteiger partial charge >= 0.3 is 0 Å². The van der Waals surface area contributed by atoms with Gasteiger partial charge in [0.15, 0.2) is 0 Å². The topological polar surface area (TPSA) is 66.5 Å². The Kier molecular flexibility index (Phi) is 5.66. The van der Waals surface area contributed by atoms with E-state index in [1.807, 2.05) is 38.3 Å². The number of anilines is 2. The Hall–Kier alpha value is -3.19. The van der Waals surface area contributed by atoms with Crippen LogP contribution in [0.1, 0.15) is 44.2 Å². The largest absolute Gasteiger partial charge is 0.482 e. The Morgan fingerprint density at radius 2 is 2.00 bits per heavy atom. The van der Waals surface area contributed by atoms with Crippen molar-refractivity contribution in [2.75, 3.05) is 36.8 Å². The molecule has 0 radical (unpaired) electrons. The SMILES string of the molecule is CC1(C)OC(=C2C(=O)Nc3cc(F)ccc32)C=C1c1ccc(NCCN2CCCCC2)nc1. The minimum absolute atomic E-state index is 0.287. The number of benzene rings is 1. The number of pyridine rings is 1. The molecular formula is C26H29FN4O2. The van der Waals surface area contributed by atoms with Crippen LogP contribution in [0.2, 0.25) is 0 Å². The standard InChI is InChI=1S/C26H29FN4O2/c1-26(2)20(15-22(33-26)24-19-8-7-18(27)14-21(19)30-25(24)32)17-6-9-23(29-16-17)28-10-13-31-11-4-3-5-12-31/h6-9,14-16H,3-5,10-13H2,1-2H3,(H,28,29)(H,30,32). The molecule has 0 bridgehead atoms. The Morgan fingerprint density at radius 3 is 2.76 bits per heavy atom. The van der Waals surface area contributed by atoms with Crippen LogP contribution in [-0.2, 0) is 9.53 Å². The number of hydrogen-bond acceptors (Lipinski definition) is 5. The second kappa shape index (κ2) is 8.63. The van der Waals surface area contributed by atoms with Crippen LogP contribution >= 0.6 is 0 Å². The number of fused-ring (bicyclic) bond motifs is 1. The summed E-state index contributed by atoms with van der Waals surface area (Å²) >= 11 is 0. The first kappa shape index (κ1) is 21.6. The van der Waals surface area contributed by atoms with E-state index in [9.17, 15) is 9.18 Å². The van der Waals surface area contributed by atoms with Crippen molar-refractivity contribution >= 4 is 28.6 Å². The van der Waals surface area contributed by atoms with Gasteiger partial charge in [-0.15, -0.1) is 0 Å². The number of carbonyl (C=O) groups excluding carboxylic acids is 1. The first-order valence-corrected chi connectivity index (χ1v) is 11.6. The maximum atomic E-state index is 13.6. The lowest BCUT2D eigenvalue weighted by atomic mass is 9.93. The van der Waals surface area contributed by atoms with Crippen LogP contribution in [0.15, 0.2) is 48.4 Å². The summed E-state index contributed by atoms with van der Waals surface area (Å²) in [5.74, 6) is 0.657. The summed E-state index contributed by atoms with van der Waals surface area (Å²) in [6, 6.07) is 8.30.